The molecule has 3 nitrogen and oxygen atoms in total. The smallest absolute Gasteiger partial charge is 0.184 e. The van der Waals surface area contributed by atoms with Crippen LogP contribution in [0.4, 0.5) is 0 Å². The van der Waals surface area contributed by atoms with E-state index >= 15 is 0 Å². The Kier molecular flexibility index (Phi) is 4.18. The molecule has 1 unspecified atom stereocenters. The molecule has 2 atom stereocenters. The van der Waals surface area contributed by atoms with Gasteiger partial charge >= 0.3 is 0 Å². The Morgan fingerprint density at radius 3 is 2.71 bits per heavy atom. The zero-order valence-electron chi connectivity index (χ0n) is 10.3. The molecule has 17 heavy (non-hydrogen) atoms. The van der Waals surface area contributed by atoms with Crippen molar-refractivity contribution in [1.29, 1.82) is 0 Å². The molecule has 0 bridgehead atoms. The minimum atomic E-state index is -0.268. The Morgan fingerprint density at radius 1 is 1.29 bits per heavy atom. The van der Waals surface area contributed by atoms with Gasteiger partial charge in [0.05, 0.1) is 19.8 Å². The molecule has 0 N–H and O–H groups in total. The van der Waals surface area contributed by atoms with E-state index in [4.69, 9.17) is 14.2 Å². The molecule has 1 heterocycles. The fraction of sp³-hybridized carbons (Fsp3) is 0.429. The first-order valence-electron chi connectivity index (χ1n) is 5.87. The van der Waals surface area contributed by atoms with Crippen molar-refractivity contribution in [2.75, 3.05) is 13.7 Å². The highest BCUT2D eigenvalue weighted by atomic mass is 16.7. The number of rotatable bonds is 3. The molecule has 0 saturated carbocycles. The summed E-state index contributed by atoms with van der Waals surface area (Å²) in [5.74, 6) is 0.842. The maximum absolute atomic E-state index is 5.84. The average Bonchev–Trinajstić information content (AvgIpc) is 2.40. The summed E-state index contributed by atoms with van der Waals surface area (Å²) in [4.78, 5) is 0. The number of hydrogen-bond acceptors (Lipinski definition) is 3. The molecule has 0 aliphatic carbocycles. The Morgan fingerprint density at radius 2 is 2.06 bits per heavy atom. The quantitative estimate of drug-likeness (QED) is 0.752. The molecule has 1 saturated heterocycles. The zero-order valence-corrected chi connectivity index (χ0v) is 10.3. The van der Waals surface area contributed by atoms with Crippen LogP contribution in [0.25, 0.3) is 0 Å². The van der Waals surface area contributed by atoms with Gasteiger partial charge in [-0.15, -0.1) is 0 Å². The zero-order chi connectivity index (χ0) is 12.1. The molecule has 92 valence electrons. The average molecular weight is 234 g/mol. The third-order valence-corrected chi connectivity index (χ3v) is 2.77. The lowest BCUT2D eigenvalue weighted by Gasteiger charge is -2.28. The second kappa shape index (κ2) is 5.84. The molecule has 1 aromatic carbocycles. The van der Waals surface area contributed by atoms with Crippen molar-refractivity contribution in [2.45, 2.75) is 25.7 Å². The first-order chi connectivity index (χ1) is 8.33. The second-order valence-electron chi connectivity index (χ2n) is 3.96. The fourth-order valence-electron chi connectivity index (χ4n) is 1.85. The van der Waals surface area contributed by atoms with Crippen LogP contribution in [0, 0.1) is 0 Å². The van der Waals surface area contributed by atoms with Crippen molar-refractivity contribution in [3.63, 3.8) is 0 Å². The summed E-state index contributed by atoms with van der Waals surface area (Å²) in [5.41, 5.74) is 1.03. The summed E-state index contributed by atoms with van der Waals surface area (Å²) in [5, 5.41) is 0. The topological polar surface area (TPSA) is 27.7 Å². The summed E-state index contributed by atoms with van der Waals surface area (Å²) >= 11 is 0. The van der Waals surface area contributed by atoms with Gasteiger partial charge in [0, 0.05) is 12.0 Å². The number of ether oxygens (including phenoxy) is 3. The molecule has 1 aliphatic heterocycles. The van der Waals surface area contributed by atoms with Crippen molar-refractivity contribution in [2.24, 2.45) is 0 Å². The van der Waals surface area contributed by atoms with Crippen LogP contribution in [0.15, 0.2) is 36.4 Å². The maximum Gasteiger partial charge on any atom is 0.184 e. The van der Waals surface area contributed by atoms with Crippen LogP contribution in [-0.4, -0.2) is 19.8 Å². The Labute approximate surface area is 102 Å². The van der Waals surface area contributed by atoms with Crippen molar-refractivity contribution >= 4 is 0 Å². The third kappa shape index (κ3) is 3.08. The number of allylic oxidation sites excluding steroid dienone is 1. The maximum atomic E-state index is 5.84. The van der Waals surface area contributed by atoms with Crippen LogP contribution in [0.3, 0.4) is 0 Å². The van der Waals surface area contributed by atoms with E-state index in [0.717, 1.165) is 24.3 Å². The van der Waals surface area contributed by atoms with Crippen LogP contribution in [0.1, 0.15) is 25.2 Å². The lowest BCUT2D eigenvalue weighted by atomic mass is 10.1. The van der Waals surface area contributed by atoms with Gasteiger partial charge in [0.25, 0.3) is 0 Å². The summed E-state index contributed by atoms with van der Waals surface area (Å²) < 4.78 is 16.6. The molecule has 0 amide bonds. The number of hydrogen-bond donors (Lipinski definition) is 0. The largest absolute Gasteiger partial charge is 0.497 e. The fourth-order valence-corrected chi connectivity index (χ4v) is 1.85. The van der Waals surface area contributed by atoms with Crippen LogP contribution in [-0.2, 0) is 9.47 Å². The van der Waals surface area contributed by atoms with Crippen molar-refractivity contribution < 1.29 is 14.2 Å². The number of methoxy groups -OCH3 is 1. The highest BCUT2D eigenvalue weighted by Crippen LogP contribution is 2.27. The van der Waals surface area contributed by atoms with E-state index in [1.807, 2.05) is 37.3 Å². The molecule has 0 radical (unpaired) electrons. The molecule has 3 heteroatoms. The van der Waals surface area contributed by atoms with E-state index in [1.54, 1.807) is 7.11 Å². The van der Waals surface area contributed by atoms with Gasteiger partial charge < -0.3 is 14.2 Å². The molecule has 1 fully saturated rings. The van der Waals surface area contributed by atoms with Gasteiger partial charge in [-0.05, 0) is 19.1 Å². The monoisotopic (exact) mass is 234 g/mol. The predicted octanol–water partition coefficient (Wildman–Crippen LogP) is 3.08. The molecule has 0 aromatic heterocycles. The second-order valence-corrected chi connectivity index (χ2v) is 3.96. The Hall–Kier alpha value is -1.32. The molecule has 2 rings (SSSR count). The Balaban J connectivity index is 2.05. The van der Waals surface area contributed by atoms with Gasteiger partial charge in [-0.3, -0.25) is 0 Å². The molecular formula is C14H18O3. The van der Waals surface area contributed by atoms with Crippen LogP contribution in [0.5, 0.6) is 5.75 Å². The normalized spacial score (nSPS) is 25.1. The van der Waals surface area contributed by atoms with Crippen molar-refractivity contribution in [1.82, 2.24) is 0 Å². The lowest BCUT2D eigenvalue weighted by Crippen LogP contribution is -2.25. The van der Waals surface area contributed by atoms with E-state index in [0.29, 0.717) is 0 Å². The SMILES string of the molecule is C/C=C/[C@@H]1CCOC(c2ccc(OC)cc2)O1. The van der Waals surface area contributed by atoms with E-state index in [1.165, 1.54) is 0 Å². The van der Waals surface area contributed by atoms with Crippen LogP contribution < -0.4 is 4.74 Å². The van der Waals surface area contributed by atoms with E-state index in [-0.39, 0.29) is 12.4 Å². The minimum absolute atomic E-state index is 0.154. The number of benzene rings is 1. The third-order valence-electron chi connectivity index (χ3n) is 2.77. The van der Waals surface area contributed by atoms with Gasteiger partial charge in [-0.25, -0.2) is 0 Å². The predicted molar refractivity (Wildman–Crippen MR) is 66.0 cm³/mol. The van der Waals surface area contributed by atoms with Gasteiger partial charge in [0.15, 0.2) is 6.29 Å². The van der Waals surface area contributed by atoms with Gasteiger partial charge in [-0.2, -0.15) is 0 Å². The summed E-state index contributed by atoms with van der Waals surface area (Å²) in [6.07, 6.45) is 4.88. The first-order valence-corrected chi connectivity index (χ1v) is 5.87. The highest BCUT2D eigenvalue weighted by molar-refractivity contribution is 5.28. The molecule has 0 spiro atoms. The van der Waals surface area contributed by atoms with Gasteiger partial charge in [0.2, 0.25) is 0 Å². The van der Waals surface area contributed by atoms with E-state index in [9.17, 15) is 0 Å². The summed E-state index contributed by atoms with van der Waals surface area (Å²) in [6, 6.07) is 7.78. The summed E-state index contributed by atoms with van der Waals surface area (Å²) in [7, 11) is 1.66. The van der Waals surface area contributed by atoms with E-state index in [2.05, 4.69) is 6.08 Å². The highest BCUT2D eigenvalue weighted by Gasteiger charge is 2.22. The molecule has 1 aliphatic rings. The molecule has 1 aromatic rings. The Bertz CT molecular complexity index is 370. The van der Waals surface area contributed by atoms with E-state index < -0.39 is 0 Å². The van der Waals surface area contributed by atoms with Crippen molar-refractivity contribution in [3.8, 4) is 5.75 Å². The molecular weight excluding hydrogens is 216 g/mol. The van der Waals surface area contributed by atoms with Crippen LogP contribution in [0.2, 0.25) is 0 Å². The van der Waals surface area contributed by atoms with Crippen LogP contribution >= 0.6 is 0 Å². The van der Waals surface area contributed by atoms with Crippen molar-refractivity contribution in [3.05, 3.63) is 42.0 Å². The minimum Gasteiger partial charge on any atom is -0.497 e. The standard InChI is InChI=1S/C14H18O3/c1-3-4-13-9-10-16-14(17-13)11-5-7-12(15-2)8-6-11/h3-8,13-14H,9-10H2,1-2H3/b4-3+/t13-,14?/m1/s1. The van der Waals surface area contributed by atoms with Gasteiger partial charge in [-0.1, -0.05) is 24.3 Å². The summed E-state index contributed by atoms with van der Waals surface area (Å²) in [6.45, 7) is 2.73. The first kappa shape index (κ1) is 12.1. The van der Waals surface area contributed by atoms with Gasteiger partial charge in [0.1, 0.15) is 5.75 Å². The lowest BCUT2D eigenvalue weighted by molar-refractivity contribution is -0.204.